The molecule has 1 fully saturated rings. The molecule has 0 radical (unpaired) electrons. The molecule has 0 bridgehead atoms. The van der Waals surface area contributed by atoms with Gasteiger partial charge in [0.2, 0.25) is 0 Å². The van der Waals surface area contributed by atoms with Gasteiger partial charge in [-0.05, 0) is 30.9 Å². The maximum absolute atomic E-state index is 8.96. The van der Waals surface area contributed by atoms with E-state index in [2.05, 4.69) is 13.0 Å². The van der Waals surface area contributed by atoms with Gasteiger partial charge in [-0.15, -0.1) is 0 Å². The Hall–Kier alpha value is -0.200. The molecule has 0 saturated heterocycles. The van der Waals surface area contributed by atoms with Gasteiger partial charge in [0.05, 0.1) is 6.07 Å². The molecule has 1 aliphatic rings. The van der Waals surface area contributed by atoms with Gasteiger partial charge in [0.1, 0.15) is 5.54 Å². The van der Waals surface area contributed by atoms with Gasteiger partial charge in [0.25, 0.3) is 0 Å². The first-order valence-corrected chi connectivity index (χ1v) is 6.16. The minimum atomic E-state index is -0.529. The number of rotatable bonds is 6. The van der Waals surface area contributed by atoms with E-state index in [1.54, 1.807) is 0 Å². The first-order chi connectivity index (χ1) is 6.23. The van der Waals surface area contributed by atoms with Crippen molar-refractivity contribution >= 4 is 11.8 Å². The van der Waals surface area contributed by atoms with E-state index < -0.39 is 5.54 Å². The molecule has 0 aromatic carbocycles. The van der Waals surface area contributed by atoms with E-state index in [4.69, 9.17) is 11.0 Å². The zero-order valence-electron chi connectivity index (χ0n) is 8.25. The van der Waals surface area contributed by atoms with Crippen LogP contribution in [0, 0.1) is 17.2 Å². The fraction of sp³-hybridized carbons (Fsp3) is 0.900. The van der Waals surface area contributed by atoms with Crippen molar-refractivity contribution in [2.24, 2.45) is 11.7 Å². The molecule has 1 rings (SSSR count). The van der Waals surface area contributed by atoms with Gasteiger partial charge in [0, 0.05) is 5.75 Å². The molecule has 0 amide bonds. The summed E-state index contributed by atoms with van der Waals surface area (Å²) >= 11 is 1.83. The summed E-state index contributed by atoms with van der Waals surface area (Å²) in [7, 11) is 0. The van der Waals surface area contributed by atoms with Crippen molar-refractivity contribution in [3.63, 3.8) is 0 Å². The first kappa shape index (κ1) is 10.9. The van der Waals surface area contributed by atoms with Crippen molar-refractivity contribution in [2.45, 2.75) is 38.1 Å². The SMILES string of the molecule is CCCCSCC(N)(C#N)C1CC1. The lowest BCUT2D eigenvalue weighted by Gasteiger charge is -2.20. The van der Waals surface area contributed by atoms with Gasteiger partial charge >= 0.3 is 0 Å². The lowest BCUT2D eigenvalue weighted by atomic mass is 10.00. The highest BCUT2D eigenvalue weighted by Gasteiger charge is 2.42. The summed E-state index contributed by atoms with van der Waals surface area (Å²) in [6, 6.07) is 2.27. The molecule has 3 heteroatoms. The Balaban J connectivity index is 2.20. The average molecular weight is 198 g/mol. The average Bonchev–Trinajstić information content (AvgIpc) is 2.95. The van der Waals surface area contributed by atoms with E-state index in [-0.39, 0.29) is 0 Å². The van der Waals surface area contributed by atoms with Crippen LogP contribution in [0.3, 0.4) is 0 Å². The molecule has 74 valence electrons. The fourth-order valence-corrected chi connectivity index (χ4v) is 2.60. The summed E-state index contributed by atoms with van der Waals surface area (Å²) in [6.07, 6.45) is 4.76. The molecule has 0 spiro atoms. The molecule has 0 heterocycles. The second kappa shape index (κ2) is 4.88. The second-order valence-corrected chi connectivity index (χ2v) is 4.94. The van der Waals surface area contributed by atoms with Crippen molar-refractivity contribution in [1.82, 2.24) is 0 Å². The minimum Gasteiger partial charge on any atom is -0.312 e. The predicted molar refractivity (Wildman–Crippen MR) is 57.5 cm³/mol. The molecule has 1 aliphatic carbocycles. The molecule has 2 N–H and O–H groups in total. The van der Waals surface area contributed by atoms with Crippen LogP contribution in [0.15, 0.2) is 0 Å². The van der Waals surface area contributed by atoms with Gasteiger partial charge in [-0.3, -0.25) is 0 Å². The molecule has 0 aromatic heterocycles. The van der Waals surface area contributed by atoms with E-state index in [9.17, 15) is 0 Å². The summed E-state index contributed by atoms with van der Waals surface area (Å²) in [6.45, 7) is 2.18. The summed E-state index contributed by atoms with van der Waals surface area (Å²) in [5.41, 5.74) is 5.47. The third-order valence-corrected chi connectivity index (χ3v) is 3.76. The molecule has 1 saturated carbocycles. The Morgan fingerprint density at radius 1 is 1.62 bits per heavy atom. The largest absolute Gasteiger partial charge is 0.312 e. The van der Waals surface area contributed by atoms with Crippen LogP contribution in [0.4, 0.5) is 0 Å². The Labute approximate surface area is 84.9 Å². The first-order valence-electron chi connectivity index (χ1n) is 5.01. The summed E-state index contributed by atoms with van der Waals surface area (Å²) < 4.78 is 0. The topological polar surface area (TPSA) is 49.8 Å². The van der Waals surface area contributed by atoms with Crippen molar-refractivity contribution in [1.29, 1.82) is 5.26 Å². The molecule has 0 aliphatic heterocycles. The Morgan fingerprint density at radius 3 is 2.77 bits per heavy atom. The molecular weight excluding hydrogens is 180 g/mol. The number of thioether (sulfide) groups is 1. The van der Waals surface area contributed by atoms with Crippen LogP contribution in [0.2, 0.25) is 0 Å². The number of unbranched alkanes of at least 4 members (excludes halogenated alkanes) is 1. The van der Waals surface area contributed by atoms with Crippen LogP contribution in [0.5, 0.6) is 0 Å². The highest BCUT2D eigenvalue weighted by molar-refractivity contribution is 7.99. The Bertz CT molecular complexity index is 196. The summed E-state index contributed by atoms with van der Waals surface area (Å²) in [4.78, 5) is 0. The zero-order valence-corrected chi connectivity index (χ0v) is 9.07. The number of nitriles is 1. The maximum atomic E-state index is 8.96. The predicted octanol–water partition coefficient (Wildman–Crippen LogP) is 2.15. The van der Waals surface area contributed by atoms with Gasteiger partial charge in [0.15, 0.2) is 0 Å². The summed E-state index contributed by atoms with van der Waals surface area (Å²) in [5, 5.41) is 8.96. The van der Waals surface area contributed by atoms with E-state index >= 15 is 0 Å². The number of nitrogens with zero attached hydrogens (tertiary/aromatic N) is 1. The van der Waals surface area contributed by atoms with E-state index in [0.29, 0.717) is 5.92 Å². The number of hydrogen-bond acceptors (Lipinski definition) is 3. The van der Waals surface area contributed by atoms with Crippen molar-refractivity contribution in [2.75, 3.05) is 11.5 Å². The van der Waals surface area contributed by atoms with E-state index in [1.807, 2.05) is 11.8 Å². The van der Waals surface area contributed by atoms with Crippen molar-refractivity contribution in [3.05, 3.63) is 0 Å². The zero-order chi connectivity index (χ0) is 9.73. The molecule has 2 nitrogen and oxygen atoms in total. The lowest BCUT2D eigenvalue weighted by molar-refractivity contribution is 0.532. The highest BCUT2D eigenvalue weighted by Crippen LogP contribution is 2.39. The van der Waals surface area contributed by atoms with Crippen LogP contribution >= 0.6 is 11.8 Å². The third kappa shape index (κ3) is 3.21. The molecule has 1 atom stereocenters. The van der Waals surface area contributed by atoms with E-state index in [0.717, 1.165) is 24.3 Å². The third-order valence-electron chi connectivity index (χ3n) is 2.50. The maximum Gasteiger partial charge on any atom is 0.116 e. The van der Waals surface area contributed by atoms with Crippen LogP contribution < -0.4 is 5.73 Å². The van der Waals surface area contributed by atoms with Crippen LogP contribution in [0.1, 0.15) is 32.6 Å². The second-order valence-electron chi connectivity index (χ2n) is 3.83. The van der Waals surface area contributed by atoms with Crippen LogP contribution in [-0.2, 0) is 0 Å². The van der Waals surface area contributed by atoms with Crippen molar-refractivity contribution in [3.8, 4) is 6.07 Å². The van der Waals surface area contributed by atoms with Gasteiger partial charge in [-0.2, -0.15) is 17.0 Å². The molecular formula is C10H18N2S. The Morgan fingerprint density at radius 2 is 2.31 bits per heavy atom. The van der Waals surface area contributed by atoms with Gasteiger partial charge in [-0.1, -0.05) is 13.3 Å². The minimum absolute atomic E-state index is 0.478. The van der Waals surface area contributed by atoms with Gasteiger partial charge < -0.3 is 5.73 Å². The lowest BCUT2D eigenvalue weighted by Crippen LogP contribution is -2.43. The van der Waals surface area contributed by atoms with Crippen LogP contribution in [0.25, 0.3) is 0 Å². The standard InChI is InChI=1S/C10H18N2S/c1-2-3-6-13-8-10(12,7-11)9-4-5-9/h9H,2-6,8,12H2,1H3. The molecule has 1 unspecified atom stereocenters. The Kier molecular flexibility index (Phi) is 4.08. The fourth-order valence-electron chi connectivity index (χ4n) is 1.33. The normalized spacial score (nSPS) is 20.7. The van der Waals surface area contributed by atoms with Crippen molar-refractivity contribution < 1.29 is 0 Å². The molecule has 0 aromatic rings. The quantitative estimate of drug-likeness (QED) is 0.665. The smallest absolute Gasteiger partial charge is 0.116 e. The summed E-state index contributed by atoms with van der Waals surface area (Å²) in [5.74, 6) is 2.43. The van der Waals surface area contributed by atoms with Crippen LogP contribution in [-0.4, -0.2) is 17.0 Å². The monoisotopic (exact) mass is 198 g/mol. The van der Waals surface area contributed by atoms with Gasteiger partial charge in [-0.25, -0.2) is 0 Å². The number of hydrogen-bond donors (Lipinski definition) is 1. The highest BCUT2D eigenvalue weighted by atomic mass is 32.2. The van der Waals surface area contributed by atoms with E-state index in [1.165, 1.54) is 12.8 Å². The molecule has 13 heavy (non-hydrogen) atoms. The number of nitrogens with two attached hydrogens (primary N) is 1.